The van der Waals surface area contributed by atoms with Gasteiger partial charge in [0.2, 0.25) is 0 Å². The first-order chi connectivity index (χ1) is 13.6. The van der Waals surface area contributed by atoms with Crippen molar-refractivity contribution in [2.45, 2.75) is 25.8 Å². The summed E-state index contributed by atoms with van der Waals surface area (Å²) in [6.45, 7) is 2.58. The van der Waals surface area contributed by atoms with Crippen LogP contribution in [0.15, 0.2) is 54.7 Å². The fourth-order valence-corrected chi connectivity index (χ4v) is 3.80. The molecular weight excluding hydrogens is 357 g/mol. The summed E-state index contributed by atoms with van der Waals surface area (Å²) in [5, 5.41) is 4.36. The van der Waals surface area contributed by atoms with Crippen LogP contribution in [0.25, 0.3) is 5.69 Å². The lowest BCUT2D eigenvalue weighted by molar-refractivity contribution is 0.0735. The molecule has 1 aliphatic heterocycles. The van der Waals surface area contributed by atoms with Crippen LogP contribution in [0.5, 0.6) is 5.75 Å². The van der Waals surface area contributed by atoms with Gasteiger partial charge in [0.25, 0.3) is 5.91 Å². The van der Waals surface area contributed by atoms with Gasteiger partial charge in [0, 0.05) is 6.54 Å². The molecule has 0 N–H and O–H groups in total. The van der Waals surface area contributed by atoms with Crippen LogP contribution in [0.3, 0.4) is 0 Å². The standard InChI is InChI=1S/C22H22FN3O2/c1-15-20(14-24-26(15)18-9-7-17(23)8-10-18)22(27)25-13-3-4-21(25)16-5-11-19(28-2)12-6-16/h5-12,14,21H,3-4,13H2,1-2H3/t21-/m1/s1. The van der Waals surface area contributed by atoms with E-state index in [0.29, 0.717) is 5.56 Å². The fourth-order valence-electron chi connectivity index (χ4n) is 3.80. The summed E-state index contributed by atoms with van der Waals surface area (Å²) in [7, 11) is 1.64. The Morgan fingerprint density at radius 2 is 1.86 bits per heavy atom. The molecule has 1 aromatic heterocycles. The van der Waals surface area contributed by atoms with E-state index >= 15 is 0 Å². The number of methoxy groups -OCH3 is 1. The molecule has 4 rings (SSSR count). The van der Waals surface area contributed by atoms with Crippen molar-refractivity contribution in [2.75, 3.05) is 13.7 Å². The highest BCUT2D eigenvalue weighted by Gasteiger charge is 2.32. The van der Waals surface area contributed by atoms with Gasteiger partial charge < -0.3 is 9.64 Å². The van der Waals surface area contributed by atoms with Crippen molar-refractivity contribution in [3.63, 3.8) is 0 Å². The number of nitrogens with zero attached hydrogens (tertiary/aromatic N) is 3. The van der Waals surface area contributed by atoms with Crippen molar-refractivity contribution in [1.82, 2.24) is 14.7 Å². The zero-order chi connectivity index (χ0) is 19.7. The zero-order valence-corrected chi connectivity index (χ0v) is 15.9. The maximum Gasteiger partial charge on any atom is 0.257 e. The molecule has 0 aliphatic carbocycles. The largest absolute Gasteiger partial charge is 0.497 e. The summed E-state index contributed by atoms with van der Waals surface area (Å²) in [5.41, 5.74) is 3.16. The molecule has 144 valence electrons. The van der Waals surface area contributed by atoms with Crippen molar-refractivity contribution in [1.29, 1.82) is 0 Å². The van der Waals surface area contributed by atoms with E-state index in [1.165, 1.54) is 12.1 Å². The highest BCUT2D eigenvalue weighted by atomic mass is 19.1. The van der Waals surface area contributed by atoms with Gasteiger partial charge in [0.05, 0.1) is 36.3 Å². The second-order valence-corrected chi connectivity index (χ2v) is 6.96. The fraction of sp³-hybridized carbons (Fsp3) is 0.273. The summed E-state index contributed by atoms with van der Waals surface area (Å²) >= 11 is 0. The van der Waals surface area contributed by atoms with Gasteiger partial charge in [0.15, 0.2) is 0 Å². The quantitative estimate of drug-likeness (QED) is 0.679. The molecule has 5 nitrogen and oxygen atoms in total. The Balaban J connectivity index is 1.60. The molecule has 0 bridgehead atoms. The molecule has 1 fully saturated rings. The van der Waals surface area contributed by atoms with Crippen LogP contribution in [0.4, 0.5) is 4.39 Å². The Morgan fingerprint density at radius 1 is 1.14 bits per heavy atom. The van der Waals surface area contributed by atoms with Gasteiger partial charge >= 0.3 is 0 Å². The van der Waals surface area contributed by atoms with E-state index in [0.717, 1.165) is 42.1 Å². The minimum atomic E-state index is -0.302. The second-order valence-electron chi connectivity index (χ2n) is 6.96. The Kier molecular flexibility index (Phi) is 4.86. The first kappa shape index (κ1) is 18.2. The molecule has 2 heterocycles. The summed E-state index contributed by atoms with van der Waals surface area (Å²) < 4.78 is 20.1. The van der Waals surface area contributed by atoms with Crippen LogP contribution in [-0.4, -0.2) is 34.2 Å². The molecule has 1 amide bonds. The minimum Gasteiger partial charge on any atom is -0.497 e. The van der Waals surface area contributed by atoms with Crippen molar-refractivity contribution in [2.24, 2.45) is 0 Å². The lowest BCUT2D eigenvalue weighted by atomic mass is 10.0. The minimum absolute atomic E-state index is 0.0239. The molecule has 3 aromatic rings. The molecule has 0 saturated carbocycles. The Morgan fingerprint density at radius 3 is 2.54 bits per heavy atom. The molecule has 1 aliphatic rings. The molecule has 1 atom stereocenters. The maximum atomic E-state index is 13.3. The van der Waals surface area contributed by atoms with E-state index < -0.39 is 0 Å². The number of hydrogen-bond acceptors (Lipinski definition) is 3. The van der Waals surface area contributed by atoms with Gasteiger partial charge in [-0.25, -0.2) is 9.07 Å². The van der Waals surface area contributed by atoms with E-state index in [9.17, 15) is 9.18 Å². The van der Waals surface area contributed by atoms with E-state index in [1.54, 1.807) is 30.1 Å². The van der Waals surface area contributed by atoms with Crippen molar-refractivity contribution in [3.8, 4) is 11.4 Å². The lowest BCUT2D eigenvalue weighted by Crippen LogP contribution is -2.30. The van der Waals surface area contributed by atoms with Crippen LogP contribution in [0, 0.1) is 12.7 Å². The third kappa shape index (κ3) is 3.26. The zero-order valence-electron chi connectivity index (χ0n) is 15.9. The third-order valence-corrected chi connectivity index (χ3v) is 5.33. The van der Waals surface area contributed by atoms with Crippen molar-refractivity contribution in [3.05, 3.63) is 77.4 Å². The molecule has 0 spiro atoms. The van der Waals surface area contributed by atoms with Crippen LogP contribution >= 0.6 is 0 Å². The Labute approximate surface area is 163 Å². The predicted molar refractivity (Wildman–Crippen MR) is 104 cm³/mol. The van der Waals surface area contributed by atoms with Gasteiger partial charge in [-0.15, -0.1) is 0 Å². The number of halogens is 1. The summed E-state index contributed by atoms with van der Waals surface area (Å²) in [6, 6.07) is 14.0. The smallest absolute Gasteiger partial charge is 0.257 e. The highest BCUT2D eigenvalue weighted by Crippen LogP contribution is 2.34. The highest BCUT2D eigenvalue weighted by molar-refractivity contribution is 5.95. The molecule has 0 radical (unpaired) electrons. The first-order valence-corrected chi connectivity index (χ1v) is 9.34. The number of rotatable bonds is 4. The molecule has 2 aromatic carbocycles. The normalized spacial score (nSPS) is 16.4. The van der Waals surface area contributed by atoms with Gasteiger partial charge in [-0.1, -0.05) is 12.1 Å². The first-order valence-electron chi connectivity index (χ1n) is 9.34. The summed E-state index contributed by atoms with van der Waals surface area (Å²) in [4.78, 5) is 15.2. The number of carbonyl (C=O) groups excluding carboxylic acids is 1. The van der Waals surface area contributed by atoms with Gasteiger partial charge in [-0.2, -0.15) is 5.10 Å². The van der Waals surface area contributed by atoms with Crippen LogP contribution in [0.1, 0.15) is 40.5 Å². The maximum absolute atomic E-state index is 13.3. The number of aromatic nitrogens is 2. The lowest BCUT2D eigenvalue weighted by Gasteiger charge is -2.25. The monoisotopic (exact) mass is 379 g/mol. The number of ether oxygens (including phenoxy) is 1. The molecule has 0 unspecified atom stereocenters. The van der Waals surface area contributed by atoms with Crippen molar-refractivity contribution < 1.29 is 13.9 Å². The van der Waals surface area contributed by atoms with Gasteiger partial charge in [-0.3, -0.25) is 4.79 Å². The topological polar surface area (TPSA) is 47.4 Å². The number of hydrogen-bond donors (Lipinski definition) is 0. The molecular formula is C22H22FN3O2. The Bertz CT molecular complexity index is 980. The van der Waals surface area contributed by atoms with E-state index in [-0.39, 0.29) is 17.8 Å². The average Bonchev–Trinajstić information content (AvgIpc) is 3.35. The van der Waals surface area contributed by atoms with E-state index in [4.69, 9.17) is 4.74 Å². The summed E-state index contributed by atoms with van der Waals surface area (Å²) in [6.07, 6.45) is 3.50. The Hall–Kier alpha value is -3.15. The van der Waals surface area contributed by atoms with Crippen LogP contribution in [-0.2, 0) is 0 Å². The SMILES string of the molecule is COc1ccc([C@H]2CCCN2C(=O)c2cnn(-c3ccc(F)cc3)c2C)cc1. The second kappa shape index (κ2) is 7.46. The number of carbonyl (C=O) groups is 1. The molecule has 6 heteroatoms. The van der Waals surface area contributed by atoms with Crippen LogP contribution in [0.2, 0.25) is 0 Å². The van der Waals surface area contributed by atoms with Gasteiger partial charge in [0.1, 0.15) is 11.6 Å². The predicted octanol–water partition coefficient (Wildman–Crippen LogP) is 4.31. The van der Waals surface area contributed by atoms with Crippen LogP contribution < -0.4 is 4.74 Å². The number of likely N-dealkylation sites (tertiary alicyclic amines) is 1. The average molecular weight is 379 g/mol. The number of benzene rings is 2. The molecule has 28 heavy (non-hydrogen) atoms. The van der Waals surface area contributed by atoms with E-state index in [2.05, 4.69) is 5.10 Å². The third-order valence-electron chi connectivity index (χ3n) is 5.33. The van der Waals surface area contributed by atoms with Crippen molar-refractivity contribution >= 4 is 5.91 Å². The summed E-state index contributed by atoms with van der Waals surface area (Å²) in [5.74, 6) is 0.476. The number of amides is 1. The molecule has 1 saturated heterocycles. The van der Waals surface area contributed by atoms with E-state index in [1.807, 2.05) is 36.1 Å². The van der Waals surface area contributed by atoms with Gasteiger partial charge in [-0.05, 0) is 61.7 Å².